The highest BCUT2D eigenvalue weighted by atomic mass is 32.2. The van der Waals surface area contributed by atoms with Crippen LogP contribution < -0.4 is 5.32 Å². The van der Waals surface area contributed by atoms with Gasteiger partial charge in [-0.3, -0.25) is 0 Å². The summed E-state index contributed by atoms with van der Waals surface area (Å²) in [7, 11) is 1.97. The van der Waals surface area contributed by atoms with Gasteiger partial charge in [-0.05, 0) is 7.05 Å². The van der Waals surface area contributed by atoms with Crippen LogP contribution in [0, 0.1) is 0 Å². The smallest absolute Gasteiger partial charge is 0.116 e. The third-order valence-corrected chi connectivity index (χ3v) is 2.26. The predicted molar refractivity (Wildman–Crippen MR) is 48.7 cm³/mol. The molecule has 62 valence electrons. The van der Waals surface area contributed by atoms with Crippen molar-refractivity contribution >= 4 is 11.8 Å². The van der Waals surface area contributed by atoms with E-state index in [2.05, 4.69) is 15.3 Å². The lowest BCUT2D eigenvalue weighted by Gasteiger charge is -1.97. The van der Waals surface area contributed by atoms with E-state index in [1.165, 1.54) is 0 Å². The number of rotatable bonds is 5. The fourth-order valence-electron chi connectivity index (χ4n) is 0.720. The Morgan fingerprint density at radius 2 is 2.64 bits per heavy atom. The molecule has 0 amide bonds. The van der Waals surface area contributed by atoms with E-state index >= 15 is 0 Å². The summed E-state index contributed by atoms with van der Waals surface area (Å²) in [6, 6.07) is 0. The fourth-order valence-corrected chi connectivity index (χ4v) is 1.56. The van der Waals surface area contributed by atoms with Crippen molar-refractivity contribution < 1.29 is 0 Å². The van der Waals surface area contributed by atoms with Gasteiger partial charge >= 0.3 is 0 Å². The van der Waals surface area contributed by atoms with E-state index in [4.69, 9.17) is 0 Å². The van der Waals surface area contributed by atoms with Crippen LogP contribution in [-0.4, -0.2) is 29.3 Å². The second kappa shape index (κ2) is 5.21. The summed E-state index contributed by atoms with van der Waals surface area (Å²) in [5.41, 5.74) is 0. The Balaban J connectivity index is 2.04. The maximum Gasteiger partial charge on any atom is 0.116 e. The lowest BCUT2D eigenvalue weighted by atomic mass is 10.7. The largest absolute Gasteiger partial charge is 0.348 e. The van der Waals surface area contributed by atoms with Gasteiger partial charge in [-0.25, -0.2) is 4.98 Å². The molecule has 0 aliphatic rings. The summed E-state index contributed by atoms with van der Waals surface area (Å²) in [4.78, 5) is 7.18. The van der Waals surface area contributed by atoms with Crippen LogP contribution in [0.4, 0.5) is 0 Å². The minimum Gasteiger partial charge on any atom is -0.348 e. The summed E-state index contributed by atoms with van der Waals surface area (Å²) in [5.74, 6) is 3.18. The van der Waals surface area contributed by atoms with Crippen LogP contribution in [0.5, 0.6) is 0 Å². The fraction of sp³-hybridized carbons (Fsp3) is 0.571. The van der Waals surface area contributed by atoms with E-state index in [9.17, 15) is 0 Å². The molecule has 0 aromatic carbocycles. The summed E-state index contributed by atoms with van der Waals surface area (Å²) in [6.07, 6.45) is 3.64. The van der Waals surface area contributed by atoms with Gasteiger partial charge in [0.1, 0.15) is 5.82 Å². The molecule has 0 atom stereocenters. The standard InChI is InChI=1S/C7H13N3S/c1-8-4-5-11-6-7-9-2-3-10-7/h2-3,8H,4-6H2,1H3,(H,9,10). The molecule has 2 N–H and O–H groups in total. The van der Waals surface area contributed by atoms with Gasteiger partial charge in [-0.1, -0.05) is 0 Å². The highest BCUT2D eigenvalue weighted by molar-refractivity contribution is 7.98. The van der Waals surface area contributed by atoms with Gasteiger partial charge < -0.3 is 10.3 Å². The van der Waals surface area contributed by atoms with Crippen LogP contribution >= 0.6 is 11.8 Å². The van der Waals surface area contributed by atoms with E-state index < -0.39 is 0 Å². The van der Waals surface area contributed by atoms with E-state index in [1.807, 2.05) is 25.0 Å². The Morgan fingerprint density at radius 3 is 3.27 bits per heavy atom. The maximum atomic E-state index is 4.12. The van der Waals surface area contributed by atoms with Crippen molar-refractivity contribution in [3.63, 3.8) is 0 Å². The van der Waals surface area contributed by atoms with Crippen LogP contribution in [-0.2, 0) is 5.75 Å². The monoisotopic (exact) mass is 171 g/mol. The van der Waals surface area contributed by atoms with Crippen LogP contribution in [0.3, 0.4) is 0 Å². The highest BCUT2D eigenvalue weighted by Crippen LogP contribution is 2.05. The Bertz CT molecular complexity index is 174. The van der Waals surface area contributed by atoms with Crippen molar-refractivity contribution in [3.8, 4) is 0 Å². The van der Waals surface area contributed by atoms with Crippen molar-refractivity contribution in [2.75, 3.05) is 19.3 Å². The highest BCUT2D eigenvalue weighted by Gasteiger charge is 1.92. The van der Waals surface area contributed by atoms with Crippen LogP contribution in [0.25, 0.3) is 0 Å². The minimum absolute atomic E-state index is 0.981. The van der Waals surface area contributed by atoms with Crippen molar-refractivity contribution in [3.05, 3.63) is 18.2 Å². The second-order valence-corrected chi connectivity index (χ2v) is 3.30. The number of imidazole rings is 1. The molecule has 1 heterocycles. The minimum atomic E-state index is 0.981. The molecule has 1 rings (SSSR count). The number of nitrogens with one attached hydrogen (secondary N) is 2. The zero-order valence-electron chi connectivity index (χ0n) is 6.63. The van der Waals surface area contributed by atoms with E-state index in [1.54, 1.807) is 6.20 Å². The molecule has 4 heteroatoms. The first kappa shape index (κ1) is 8.62. The molecule has 0 spiro atoms. The van der Waals surface area contributed by atoms with E-state index in [0.717, 1.165) is 23.9 Å². The zero-order chi connectivity index (χ0) is 7.94. The lowest BCUT2D eigenvalue weighted by Crippen LogP contribution is -2.09. The van der Waals surface area contributed by atoms with Gasteiger partial charge in [-0.2, -0.15) is 11.8 Å². The molecule has 0 radical (unpaired) electrons. The van der Waals surface area contributed by atoms with Crippen molar-refractivity contribution in [2.45, 2.75) is 5.75 Å². The topological polar surface area (TPSA) is 40.7 Å². The molecule has 0 saturated carbocycles. The average Bonchev–Trinajstić information content (AvgIpc) is 2.50. The summed E-state index contributed by atoms with van der Waals surface area (Å²) < 4.78 is 0. The van der Waals surface area contributed by atoms with Crippen LogP contribution in [0.1, 0.15) is 5.82 Å². The molecule has 0 fully saturated rings. The number of hydrogen-bond donors (Lipinski definition) is 2. The quantitative estimate of drug-likeness (QED) is 0.646. The van der Waals surface area contributed by atoms with Crippen LogP contribution in [0.2, 0.25) is 0 Å². The summed E-state index contributed by atoms with van der Waals surface area (Å²) in [6.45, 7) is 1.06. The Labute approximate surface area is 71.0 Å². The predicted octanol–water partition coefficient (Wildman–Crippen LogP) is 0.862. The zero-order valence-corrected chi connectivity index (χ0v) is 7.45. The molecule has 0 unspecified atom stereocenters. The number of H-pyrrole nitrogens is 1. The molecule has 3 nitrogen and oxygen atoms in total. The third kappa shape index (κ3) is 3.43. The van der Waals surface area contributed by atoms with Crippen molar-refractivity contribution in [1.82, 2.24) is 15.3 Å². The van der Waals surface area contributed by atoms with Crippen molar-refractivity contribution in [2.24, 2.45) is 0 Å². The number of aromatic amines is 1. The summed E-state index contributed by atoms with van der Waals surface area (Å²) in [5, 5.41) is 3.10. The maximum absolute atomic E-state index is 4.12. The van der Waals surface area contributed by atoms with Crippen LogP contribution in [0.15, 0.2) is 12.4 Å². The molecule has 0 aliphatic heterocycles. The molecular weight excluding hydrogens is 158 g/mol. The molecule has 1 aromatic heterocycles. The first-order chi connectivity index (χ1) is 5.43. The normalized spacial score (nSPS) is 10.3. The first-order valence-electron chi connectivity index (χ1n) is 3.64. The average molecular weight is 171 g/mol. The molecule has 1 aromatic rings. The number of nitrogens with zero attached hydrogens (tertiary/aromatic N) is 1. The van der Waals surface area contributed by atoms with Gasteiger partial charge in [0, 0.05) is 24.7 Å². The molecule has 0 saturated heterocycles. The number of thioether (sulfide) groups is 1. The summed E-state index contributed by atoms with van der Waals surface area (Å²) >= 11 is 1.88. The first-order valence-corrected chi connectivity index (χ1v) is 4.79. The number of aromatic nitrogens is 2. The third-order valence-electron chi connectivity index (χ3n) is 1.29. The van der Waals surface area contributed by atoms with Gasteiger partial charge in [-0.15, -0.1) is 0 Å². The van der Waals surface area contributed by atoms with Gasteiger partial charge in [0.05, 0.1) is 5.75 Å². The van der Waals surface area contributed by atoms with E-state index in [0.29, 0.717) is 0 Å². The van der Waals surface area contributed by atoms with E-state index in [-0.39, 0.29) is 0 Å². The SMILES string of the molecule is CNCCSCc1ncc[nH]1. The molecule has 0 aliphatic carbocycles. The Kier molecular flexibility index (Phi) is 4.08. The molecule has 11 heavy (non-hydrogen) atoms. The van der Waals surface area contributed by atoms with Gasteiger partial charge in [0.2, 0.25) is 0 Å². The number of hydrogen-bond acceptors (Lipinski definition) is 3. The molecule has 0 bridgehead atoms. The second-order valence-electron chi connectivity index (χ2n) is 2.19. The lowest BCUT2D eigenvalue weighted by molar-refractivity contribution is 0.871. The Morgan fingerprint density at radius 1 is 1.73 bits per heavy atom. The Hall–Kier alpha value is -0.480. The molecular formula is C7H13N3S. The van der Waals surface area contributed by atoms with Gasteiger partial charge in [0.15, 0.2) is 0 Å². The van der Waals surface area contributed by atoms with Gasteiger partial charge in [0.25, 0.3) is 0 Å². The van der Waals surface area contributed by atoms with Crippen molar-refractivity contribution in [1.29, 1.82) is 0 Å².